The van der Waals surface area contributed by atoms with Crippen molar-refractivity contribution in [1.29, 1.82) is 0 Å². The van der Waals surface area contributed by atoms with Crippen LogP contribution in [0.25, 0.3) is 0 Å². The van der Waals surface area contributed by atoms with E-state index < -0.39 is 18.1 Å². The number of rotatable bonds is 2. The van der Waals surface area contributed by atoms with Gasteiger partial charge in [-0.25, -0.2) is 4.79 Å². The first-order valence-electron chi connectivity index (χ1n) is 5.12. The van der Waals surface area contributed by atoms with Crippen LogP contribution in [0.2, 0.25) is 0 Å². The van der Waals surface area contributed by atoms with Gasteiger partial charge in [0, 0.05) is 12.3 Å². The number of thioether (sulfide) groups is 1. The van der Waals surface area contributed by atoms with Gasteiger partial charge in [-0.15, -0.1) is 11.8 Å². The quantitative estimate of drug-likeness (QED) is 0.648. The largest absolute Gasteiger partial charge is 0.480 e. The van der Waals surface area contributed by atoms with Crippen LogP contribution in [0.15, 0.2) is 0 Å². The van der Waals surface area contributed by atoms with Gasteiger partial charge in [-0.2, -0.15) is 0 Å². The number of ether oxygens (including phenoxy) is 1. The topological polar surface area (TPSA) is 78.9 Å². The Morgan fingerprint density at radius 3 is 2.94 bits per heavy atom. The van der Waals surface area contributed by atoms with Crippen LogP contribution in [-0.4, -0.2) is 65.4 Å². The molecule has 0 aromatic rings. The molecule has 16 heavy (non-hydrogen) atoms. The summed E-state index contributed by atoms with van der Waals surface area (Å²) < 4.78 is 5.19. The molecule has 0 aliphatic carbocycles. The van der Waals surface area contributed by atoms with Crippen molar-refractivity contribution in [2.45, 2.75) is 12.1 Å². The molecule has 0 bridgehead atoms. The highest BCUT2D eigenvalue weighted by Crippen LogP contribution is 2.22. The molecule has 0 aromatic heterocycles. The number of carbonyl (C=O) groups is 2. The van der Waals surface area contributed by atoms with E-state index in [1.165, 1.54) is 16.7 Å². The minimum absolute atomic E-state index is 0.169. The molecule has 2 rings (SSSR count). The molecule has 0 aromatic carbocycles. The molecule has 2 aliphatic heterocycles. The normalized spacial score (nSPS) is 30.4. The van der Waals surface area contributed by atoms with E-state index in [0.717, 1.165) is 0 Å². The first-order valence-corrected chi connectivity index (χ1v) is 6.28. The molecule has 0 saturated carbocycles. The Kier molecular flexibility index (Phi) is 3.67. The number of nitrogens with one attached hydrogen (secondary N) is 1. The second-order valence-corrected chi connectivity index (χ2v) is 4.74. The lowest BCUT2D eigenvalue weighted by molar-refractivity contribution is -0.149. The summed E-state index contributed by atoms with van der Waals surface area (Å²) in [4.78, 5) is 24.4. The van der Waals surface area contributed by atoms with Crippen LogP contribution in [0.3, 0.4) is 0 Å². The molecule has 0 spiro atoms. The molecule has 1 amide bonds. The van der Waals surface area contributed by atoms with E-state index >= 15 is 0 Å². The van der Waals surface area contributed by atoms with E-state index in [2.05, 4.69) is 5.32 Å². The maximum atomic E-state index is 12.0. The zero-order valence-electron chi connectivity index (χ0n) is 8.72. The number of aliphatic carboxylic acids is 1. The second-order valence-electron chi connectivity index (χ2n) is 3.74. The Bertz CT molecular complexity index is 293. The van der Waals surface area contributed by atoms with E-state index in [4.69, 9.17) is 9.84 Å². The molecule has 2 N–H and O–H groups in total. The summed E-state index contributed by atoms with van der Waals surface area (Å²) in [6, 6.07) is -1.09. The summed E-state index contributed by atoms with van der Waals surface area (Å²) >= 11 is 1.47. The fourth-order valence-electron chi connectivity index (χ4n) is 1.79. The van der Waals surface area contributed by atoms with Gasteiger partial charge < -0.3 is 20.1 Å². The molecular weight excluding hydrogens is 232 g/mol. The van der Waals surface area contributed by atoms with Crippen LogP contribution in [0, 0.1) is 0 Å². The van der Waals surface area contributed by atoms with Crippen LogP contribution >= 0.6 is 11.8 Å². The summed E-state index contributed by atoms with van der Waals surface area (Å²) in [5, 5.41) is 12.0. The SMILES string of the molecule is O=C(O)C1CSCN1C(=O)C1COCCN1. The third-order valence-electron chi connectivity index (χ3n) is 2.67. The van der Waals surface area contributed by atoms with Crippen molar-refractivity contribution < 1.29 is 19.4 Å². The van der Waals surface area contributed by atoms with Crippen LogP contribution in [0.4, 0.5) is 0 Å². The van der Waals surface area contributed by atoms with E-state index in [-0.39, 0.29) is 5.91 Å². The van der Waals surface area contributed by atoms with Crippen LogP contribution < -0.4 is 5.32 Å². The van der Waals surface area contributed by atoms with Crippen molar-refractivity contribution in [2.24, 2.45) is 0 Å². The monoisotopic (exact) mass is 246 g/mol. The smallest absolute Gasteiger partial charge is 0.327 e. The van der Waals surface area contributed by atoms with Crippen molar-refractivity contribution in [3.8, 4) is 0 Å². The van der Waals surface area contributed by atoms with Crippen molar-refractivity contribution >= 4 is 23.6 Å². The number of hydrogen-bond acceptors (Lipinski definition) is 5. The Balaban J connectivity index is 1.99. The van der Waals surface area contributed by atoms with Gasteiger partial charge in [-0.05, 0) is 0 Å². The van der Waals surface area contributed by atoms with Gasteiger partial charge >= 0.3 is 5.97 Å². The van der Waals surface area contributed by atoms with Crippen molar-refractivity contribution in [3.05, 3.63) is 0 Å². The molecule has 2 saturated heterocycles. The number of carbonyl (C=O) groups excluding carboxylic acids is 1. The Labute approximate surface area is 97.3 Å². The minimum atomic E-state index is -0.935. The van der Waals surface area contributed by atoms with Gasteiger partial charge in [-0.3, -0.25) is 4.79 Å². The lowest BCUT2D eigenvalue weighted by Crippen LogP contribution is -2.55. The first kappa shape index (κ1) is 11.7. The second kappa shape index (κ2) is 5.03. The summed E-state index contributed by atoms with van der Waals surface area (Å²) in [5.41, 5.74) is 0. The van der Waals surface area contributed by atoms with Gasteiger partial charge in [0.25, 0.3) is 0 Å². The Hall–Kier alpha value is -0.790. The summed E-state index contributed by atoms with van der Waals surface area (Å²) in [6.45, 7) is 1.56. The Morgan fingerprint density at radius 2 is 2.31 bits per heavy atom. The van der Waals surface area contributed by atoms with E-state index in [9.17, 15) is 9.59 Å². The molecule has 2 atom stereocenters. The van der Waals surface area contributed by atoms with Crippen LogP contribution in [0.1, 0.15) is 0 Å². The molecule has 90 valence electrons. The average Bonchev–Trinajstić information content (AvgIpc) is 2.78. The Morgan fingerprint density at radius 1 is 1.50 bits per heavy atom. The maximum absolute atomic E-state index is 12.0. The third-order valence-corrected chi connectivity index (χ3v) is 3.68. The fourth-order valence-corrected chi connectivity index (χ4v) is 2.94. The molecule has 2 aliphatic rings. The zero-order valence-corrected chi connectivity index (χ0v) is 9.53. The molecule has 6 nitrogen and oxygen atoms in total. The van der Waals surface area contributed by atoms with Crippen LogP contribution in [0.5, 0.6) is 0 Å². The van der Waals surface area contributed by atoms with Crippen molar-refractivity contribution in [1.82, 2.24) is 10.2 Å². The van der Waals surface area contributed by atoms with Gasteiger partial charge in [-0.1, -0.05) is 0 Å². The fraction of sp³-hybridized carbons (Fsp3) is 0.778. The van der Waals surface area contributed by atoms with E-state index in [1.54, 1.807) is 0 Å². The van der Waals surface area contributed by atoms with Gasteiger partial charge in [0.1, 0.15) is 12.1 Å². The van der Waals surface area contributed by atoms with Crippen molar-refractivity contribution in [2.75, 3.05) is 31.4 Å². The van der Waals surface area contributed by atoms with E-state index in [0.29, 0.717) is 31.4 Å². The number of nitrogens with zero attached hydrogens (tertiary/aromatic N) is 1. The molecule has 2 fully saturated rings. The third kappa shape index (κ3) is 2.31. The molecule has 2 unspecified atom stereocenters. The standard InChI is InChI=1S/C9H14N2O4S/c12-8(6-3-15-2-1-10-6)11-5-16-4-7(11)9(13)14/h6-7,10H,1-5H2,(H,13,14). The number of amides is 1. The van der Waals surface area contributed by atoms with Gasteiger partial charge in [0.15, 0.2) is 0 Å². The molecule has 0 radical (unpaired) electrons. The van der Waals surface area contributed by atoms with Gasteiger partial charge in [0.2, 0.25) is 5.91 Å². The number of carboxylic acids is 1. The highest BCUT2D eigenvalue weighted by atomic mass is 32.2. The average molecular weight is 246 g/mol. The summed E-state index contributed by atoms with van der Waals surface area (Å²) in [7, 11) is 0. The minimum Gasteiger partial charge on any atom is -0.480 e. The summed E-state index contributed by atoms with van der Waals surface area (Å²) in [6.07, 6.45) is 0. The van der Waals surface area contributed by atoms with Crippen LogP contribution in [-0.2, 0) is 14.3 Å². The zero-order chi connectivity index (χ0) is 11.5. The summed E-state index contributed by atoms with van der Waals surface area (Å²) in [5.74, 6) is -0.185. The molecule has 2 heterocycles. The first-order chi connectivity index (χ1) is 7.70. The number of carboxylic acid groups (broad SMARTS) is 1. The maximum Gasteiger partial charge on any atom is 0.327 e. The lowest BCUT2D eigenvalue weighted by Gasteiger charge is -2.29. The molecule has 7 heteroatoms. The highest BCUT2D eigenvalue weighted by Gasteiger charge is 2.37. The lowest BCUT2D eigenvalue weighted by atomic mass is 10.2. The number of hydrogen-bond donors (Lipinski definition) is 2. The van der Waals surface area contributed by atoms with E-state index in [1.807, 2.05) is 0 Å². The van der Waals surface area contributed by atoms with Gasteiger partial charge in [0.05, 0.1) is 19.1 Å². The number of morpholine rings is 1. The predicted octanol–water partition coefficient (Wildman–Crippen LogP) is -1.04. The highest BCUT2D eigenvalue weighted by molar-refractivity contribution is 7.99. The molecular formula is C9H14N2O4S. The predicted molar refractivity (Wildman–Crippen MR) is 58.2 cm³/mol. The van der Waals surface area contributed by atoms with Crippen molar-refractivity contribution in [3.63, 3.8) is 0 Å².